The van der Waals surface area contributed by atoms with Gasteiger partial charge in [0.15, 0.2) is 0 Å². The van der Waals surface area contributed by atoms with Gasteiger partial charge in [0.2, 0.25) is 0 Å². The van der Waals surface area contributed by atoms with Gasteiger partial charge in [0.25, 0.3) is 15.7 Å². The van der Waals surface area contributed by atoms with Crippen LogP contribution in [0.25, 0.3) is 0 Å². The van der Waals surface area contributed by atoms with Crippen molar-refractivity contribution >= 4 is 54.7 Å². The number of urea groups is 1. The molecule has 0 spiro atoms. The number of anilines is 3. The Morgan fingerprint density at radius 1 is 0.867 bits per heavy atom. The molecule has 0 aliphatic rings. The van der Waals surface area contributed by atoms with Crippen molar-refractivity contribution < 1.29 is 18.1 Å². The number of hydrogen-bond donors (Lipinski definition) is 3. The number of para-hydroxylation sites is 1. The fourth-order valence-electron chi connectivity index (χ4n) is 2.48. The number of carbonyl (C=O) groups is 1. The number of amides is 2. The minimum Gasteiger partial charge on any atom is -0.307 e. The summed E-state index contributed by atoms with van der Waals surface area (Å²) in [4.78, 5) is 22.8. The van der Waals surface area contributed by atoms with Crippen molar-refractivity contribution in [2.75, 3.05) is 15.4 Å². The average Bonchev–Trinajstić information content (AvgIpc) is 2.71. The predicted octanol–water partition coefficient (Wildman–Crippen LogP) is 4.80. The van der Waals surface area contributed by atoms with Gasteiger partial charge in [-0.25, -0.2) is 13.2 Å². The Morgan fingerprint density at radius 2 is 1.50 bits per heavy atom. The van der Waals surface area contributed by atoms with Gasteiger partial charge < -0.3 is 10.6 Å². The fourth-order valence-corrected chi connectivity index (χ4v) is 3.96. The number of halogens is 1. The number of rotatable bonds is 6. The summed E-state index contributed by atoms with van der Waals surface area (Å²) in [7, 11) is -4.03. The van der Waals surface area contributed by atoms with E-state index in [9.17, 15) is 23.3 Å². The third-order valence-electron chi connectivity index (χ3n) is 3.88. The Kier molecular flexibility index (Phi) is 6.33. The molecule has 3 aromatic carbocycles. The second kappa shape index (κ2) is 8.93. The molecule has 0 heterocycles. The van der Waals surface area contributed by atoms with Crippen molar-refractivity contribution in [1.82, 2.24) is 0 Å². The highest BCUT2D eigenvalue weighted by molar-refractivity contribution is 9.10. The van der Waals surface area contributed by atoms with E-state index in [2.05, 4.69) is 31.3 Å². The summed E-state index contributed by atoms with van der Waals surface area (Å²) in [5.41, 5.74) is 0.0563. The van der Waals surface area contributed by atoms with E-state index in [0.29, 0.717) is 10.2 Å². The number of carbonyl (C=O) groups excluding carboxylic acids is 1. The molecule has 154 valence electrons. The fraction of sp³-hybridized carbons (Fsp3) is 0. The zero-order valence-electron chi connectivity index (χ0n) is 15.2. The van der Waals surface area contributed by atoms with E-state index in [1.165, 1.54) is 18.2 Å². The molecule has 0 unspecified atom stereocenters. The monoisotopic (exact) mass is 490 g/mol. The molecule has 0 atom stereocenters. The lowest BCUT2D eigenvalue weighted by molar-refractivity contribution is -0.384. The summed E-state index contributed by atoms with van der Waals surface area (Å²) in [6.45, 7) is 0. The molecule has 0 fully saturated rings. The number of nitro benzene ring substituents is 1. The largest absolute Gasteiger partial charge is 0.323 e. The molecule has 3 rings (SSSR count). The van der Waals surface area contributed by atoms with Crippen LogP contribution in [0.4, 0.5) is 27.5 Å². The van der Waals surface area contributed by atoms with E-state index in [1.54, 1.807) is 42.5 Å². The molecule has 9 nitrogen and oxygen atoms in total. The van der Waals surface area contributed by atoms with E-state index in [1.807, 2.05) is 0 Å². The molecule has 0 radical (unpaired) electrons. The maximum absolute atomic E-state index is 12.6. The zero-order chi connectivity index (χ0) is 21.7. The summed E-state index contributed by atoms with van der Waals surface area (Å²) >= 11 is 3.31. The van der Waals surface area contributed by atoms with Gasteiger partial charge in [-0.15, -0.1) is 0 Å². The van der Waals surface area contributed by atoms with Crippen molar-refractivity contribution in [2.24, 2.45) is 0 Å². The van der Waals surface area contributed by atoms with Crippen LogP contribution < -0.4 is 15.4 Å². The van der Waals surface area contributed by atoms with Gasteiger partial charge in [-0.3, -0.25) is 14.8 Å². The first-order valence-electron chi connectivity index (χ1n) is 8.45. The molecule has 0 saturated carbocycles. The molecule has 11 heteroatoms. The molecule has 2 amide bonds. The van der Waals surface area contributed by atoms with Gasteiger partial charge >= 0.3 is 6.03 Å². The second-order valence-corrected chi connectivity index (χ2v) is 8.50. The smallest absolute Gasteiger partial charge is 0.307 e. The second-order valence-electron chi connectivity index (χ2n) is 5.96. The van der Waals surface area contributed by atoms with Gasteiger partial charge in [0.05, 0.1) is 26.9 Å². The van der Waals surface area contributed by atoms with Crippen LogP contribution in [0.3, 0.4) is 0 Å². The van der Waals surface area contributed by atoms with E-state index in [0.717, 1.165) is 12.1 Å². The normalized spacial score (nSPS) is 10.8. The third kappa shape index (κ3) is 5.13. The van der Waals surface area contributed by atoms with Crippen LogP contribution in [0.15, 0.2) is 82.2 Å². The topological polar surface area (TPSA) is 130 Å². The molecule has 0 aromatic heterocycles. The third-order valence-corrected chi connectivity index (χ3v) is 5.95. The molecule has 0 bridgehead atoms. The highest BCUT2D eigenvalue weighted by Gasteiger charge is 2.19. The zero-order valence-corrected chi connectivity index (χ0v) is 17.6. The Hall–Kier alpha value is -3.44. The van der Waals surface area contributed by atoms with Gasteiger partial charge in [0, 0.05) is 16.6 Å². The minimum atomic E-state index is -4.03. The number of nitrogens with one attached hydrogen (secondary N) is 3. The first-order valence-corrected chi connectivity index (χ1v) is 10.7. The van der Waals surface area contributed by atoms with Crippen molar-refractivity contribution in [3.63, 3.8) is 0 Å². The van der Waals surface area contributed by atoms with E-state index in [4.69, 9.17) is 0 Å². The number of hydrogen-bond acceptors (Lipinski definition) is 5. The SMILES string of the molecule is O=C(Nc1ccccc1Br)Nc1ccc([N+](=O)[O-])cc1NS(=O)(=O)c1ccccc1. The number of benzene rings is 3. The molecule has 0 aliphatic carbocycles. The van der Waals surface area contributed by atoms with Crippen LogP contribution >= 0.6 is 15.9 Å². The predicted molar refractivity (Wildman–Crippen MR) is 117 cm³/mol. The lowest BCUT2D eigenvalue weighted by Crippen LogP contribution is -2.21. The van der Waals surface area contributed by atoms with Gasteiger partial charge in [-0.05, 0) is 46.3 Å². The molecular weight excluding hydrogens is 476 g/mol. The molecule has 3 N–H and O–H groups in total. The Bertz CT molecular complexity index is 1200. The van der Waals surface area contributed by atoms with Crippen LogP contribution in [0.1, 0.15) is 0 Å². The number of non-ortho nitro benzene ring substituents is 1. The van der Waals surface area contributed by atoms with Crippen molar-refractivity contribution in [3.05, 3.63) is 87.4 Å². The van der Waals surface area contributed by atoms with Crippen molar-refractivity contribution in [1.29, 1.82) is 0 Å². The summed E-state index contributed by atoms with van der Waals surface area (Å²) < 4.78 is 28.2. The Labute approximate surface area is 180 Å². The lowest BCUT2D eigenvalue weighted by atomic mass is 10.2. The van der Waals surface area contributed by atoms with E-state index < -0.39 is 21.0 Å². The van der Waals surface area contributed by atoms with Crippen LogP contribution in [0.2, 0.25) is 0 Å². The van der Waals surface area contributed by atoms with Crippen LogP contribution in [0.5, 0.6) is 0 Å². The van der Waals surface area contributed by atoms with E-state index >= 15 is 0 Å². The molecular formula is C19H15BrN4O5S. The number of nitro groups is 1. The molecule has 0 saturated heterocycles. The number of sulfonamides is 1. The Morgan fingerprint density at radius 3 is 2.17 bits per heavy atom. The Balaban J connectivity index is 1.90. The van der Waals surface area contributed by atoms with Crippen LogP contribution in [-0.2, 0) is 10.0 Å². The standard InChI is InChI=1S/C19H15BrN4O5S/c20-15-8-4-5-9-16(15)21-19(25)22-17-11-10-13(24(26)27)12-18(17)23-30(28,29)14-6-2-1-3-7-14/h1-12,23H,(H2,21,22,25). The van der Waals surface area contributed by atoms with E-state index in [-0.39, 0.29) is 22.0 Å². The average molecular weight is 491 g/mol. The van der Waals surface area contributed by atoms with Gasteiger partial charge in [-0.1, -0.05) is 30.3 Å². The van der Waals surface area contributed by atoms with Gasteiger partial charge in [0.1, 0.15) is 0 Å². The molecule has 0 aliphatic heterocycles. The van der Waals surface area contributed by atoms with Crippen LogP contribution in [-0.4, -0.2) is 19.4 Å². The van der Waals surface area contributed by atoms with Crippen molar-refractivity contribution in [2.45, 2.75) is 4.90 Å². The van der Waals surface area contributed by atoms with Gasteiger partial charge in [-0.2, -0.15) is 0 Å². The summed E-state index contributed by atoms with van der Waals surface area (Å²) in [6, 6.07) is 17.2. The first kappa shape index (κ1) is 21.3. The van der Waals surface area contributed by atoms with Crippen molar-refractivity contribution in [3.8, 4) is 0 Å². The quantitative estimate of drug-likeness (QED) is 0.337. The summed E-state index contributed by atoms with van der Waals surface area (Å²) in [6.07, 6.45) is 0. The highest BCUT2D eigenvalue weighted by Crippen LogP contribution is 2.30. The highest BCUT2D eigenvalue weighted by atomic mass is 79.9. The lowest BCUT2D eigenvalue weighted by Gasteiger charge is -2.14. The maximum Gasteiger partial charge on any atom is 0.323 e. The summed E-state index contributed by atoms with van der Waals surface area (Å²) in [5.74, 6) is 0. The molecule has 3 aromatic rings. The van der Waals surface area contributed by atoms with Crippen LogP contribution in [0, 0.1) is 10.1 Å². The summed E-state index contributed by atoms with van der Waals surface area (Å²) in [5, 5.41) is 16.2. The molecule has 30 heavy (non-hydrogen) atoms. The first-order chi connectivity index (χ1) is 14.3. The maximum atomic E-state index is 12.6. The number of nitrogens with zero attached hydrogens (tertiary/aromatic N) is 1. The minimum absolute atomic E-state index is 0.0277.